The minimum atomic E-state index is -3.92. The van der Waals surface area contributed by atoms with E-state index in [1.165, 1.54) is 31.3 Å². The predicted molar refractivity (Wildman–Crippen MR) is 146 cm³/mol. The van der Waals surface area contributed by atoms with Crippen LogP contribution in [0.15, 0.2) is 37.2 Å². The van der Waals surface area contributed by atoms with Crippen molar-refractivity contribution < 1.29 is 22.6 Å². The van der Waals surface area contributed by atoms with Crippen molar-refractivity contribution in [2.45, 2.75) is 57.8 Å². The van der Waals surface area contributed by atoms with Crippen LogP contribution in [0.1, 0.15) is 49.7 Å². The van der Waals surface area contributed by atoms with Gasteiger partial charge in [0, 0.05) is 24.2 Å². The molecule has 0 radical (unpaired) electrons. The normalized spacial score (nSPS) is 13.3. The third-order valence-electron chi connectivity index (χ3n) is 6.06. The molecule has 0 unspecified atom stereocenters. The van der Waals surface area contributed by atoms with Crippen molar-refractivity contribution in [1.29, 1.82) is 0 Å². The molecule has 0 fully saturated rings. The number of nitrogens with zero attached hydrogens (tertiary/aromatic N) is 8. The summed E-state index contributed by atoms with van der Waals surface area (Å²) in [6.07, 6.45) is 6.60. The third kappa shape index (κ3) is 6.07. The zero-order valence-corrected chi connectivity index (χ0v) is 24.2. The SMILES string of the molecule is COc1ncnc(OC)c1-n1c(CS(=O)(=O)[C@@H](C)[C@@H](OC(C)C)c2cnc(C)cn2)nnc1-c1cncc(C)c1. The molecule has 0 N–H and O–H groups in total. The second kappa shape index (κ2) is 12.0. The number of hydrogen-bond acceptors (Lipinski definition) is 12. The fourth-order valence-corrected chi connectivity index (χ4v) is 5.50. The van der Waals surface area contributed by atoms with Gasteiger partial charge in [-0.05, 0) is 46.2 Å². The highest BCUT2D eigenvalue weighted by atomic mass is 32.2. The average molecular weight is 569 g/mol. The van der Waals surface area contributed by atoms with Crippen LogP contribution in [0, 0.1) is 13.8 Å². The van der Waals surface area contributed by atoms with Gasteiger partial charge in [-0.1, -0.05) is 0 Å². The van der Waals surface area contributed by atoms with Crippen LogP contribution < -0.4 is 9.47 Å². The molecule has 4 heterocycles. The molecule has 0 spiro atoms. The first-order chi connectivity index (χ1) is 19.1. The van der Waals surface area contributed by atoms with Crippen molar-refractivity contribution >= 4 is 9.84 Å². The van der Waals surface area contributed by atoms with E-state index in [9.17, 15) is 8.42 Å². The molecule has 0 aliphatic rings. The van der Waals surface area contributed by atoms with E-state index in [1.54, 1.807) is 32.4 Å². The lowest BCUT2D eigenvalue weighted by atomic mass is 10.2. The number of rotatable bonds is 11. The number of ether oxygens (including phenoxy) is 3. The second-order valence-electron chi connectivity index (χ2n) is 9.47. The Morgan fingerprint density at radius 3 is 2.17 bits per heavy atom. The average Bonchev–Trinajstić information content (AvgIpc) is 3.33. The van der Waals surface area contributed by atoms with Crippen LogP contribution >= 0.6 is 0 Å². The largest absolute Gasteiger partial charge is 0.479 e. The van der Waals surface area contributed by atoms with E-state index in [4.69, 9.17) is 14.2 Å². The van der Waals surface area contributed by atoms with Crippen LogP contribution in [-0.4, -0.2) is 73.7 Å². The molecule has 0 aromatic carbocycles. The molecular weight excluding hydrogens is 536 g/mol. The van der Waals surface area contributed by atoms with E-state index < -0.39 is 26.9 Å². The van der Waals surface area contributed by atoms with E-state index in [1.807, 2.05) is 26.8 Å². The molecule has 0 bridgehead atoms. The van der Waals surface area contributed by atoms with Crippen LogP contribution in [0.5, 0.6) is 11.8 Å². The maximum atomic E-state index is 13.9. The monoisotopic (exact) mass is 568 g/mol. The van der Waals surface area contributed by atoms with Gasteiger partial charge in [0.25, 0.3) is 0 Å². The molecule has 0 saturated heterocycles. The van der Waals surface area contributed by atoms with Gasteiger partial charge in [-0.2, -0.15) is 9.97 Å². The van der Waals surface area contributed by atoms with Gasteiger partial charge in [0.1, 0.15) is 18.2 Å². The number of sulfone groups is 1. The molecule has 4 rings (SSSR count). The Bertz CT molecular complexity index is 1550. The van der Waals surface area contributed by atoms with Gasteiger partial charge >= 0.3 is 0 Å². The summed E-state index contributed by atoms with van der Waals surface area (Å²) in [5, 5.41) is 7.64. The van der Waals surface area contributed by atoms with E-state index in [2.05, 4.69) is 35.1 Å². The van der Waals surface area contributed by atoms with Gasteiger partial charge in [-0.15, -0.1) is 10.2 Å². The summed E-state index contributed by atoms with van der Waals surface area (Å²) in [6, 6.07) is 1.86. The van der Waals surface area contributed by atoms with Gasteiger partial charge in [-0.25, -0.2) is 8.42 Å². The van der Waals surface area contributed by atoms with Crippen LogP contribution in [0.2, 0.25) is 0 Å². The summed E-state index contributed by atoms with van der Waals surface area (Å²) >= 11 is 0. The summed E-state index contributed by atoms with van der Waals surface area (Å²) < 4.78 is 46.5. The quantitative estimate of drug-likeness (QED) is 0.261. The Balaban J connectivity index is 1.85. The third-order valence-corrected chi connectivity index (χ3v) is 8.10. The van der Waals surface area contributed by atoms with E-state index in [-0.39, 0.29) is 29.4 Å². The second-order valence-corrected chi connectivity index (χ2v) is 11.8. The number of pyridine rings is 1. The summed E-state index contributed by atoms with van der Waals surface area (Å²) in [5.74, 6) is 0.235. The Labute approximate surface area is 233 Å². The first-order valence-electron chi connectivity index (χ1n) is 12.5. The molecule has 4 aromatic heterocycles. The first kappa shape index (κ1) is 29.0. The molecule has 0 amide bonds. The highest BCUT2D eigenvalue weighted by Gasteiger charge is 2.36. The van der Waals surface area contributed by atoms with Gasteiger partial charge in [0.2, 0.25) is 11.8 Å². The summed E-state index contributed by atoms with van der Waals surface area (Å²) in [4.78, 5) is 21.3. The number of aromatic nitrogens is 8. The highest BCUT2D eigenvalue weighted by Crippen LogP contribution is 2.35. The maximum Gasteiger partial charge on any atom is 0.245 e. The topological polar surface area (TPSA) is 157 Å². The first-order valence-corrected chi connectivity index (χ1v) is 14.2. The molecule has 0 aliphatic heterocycles. The van der Waals surface area contributed by atoms with Crippen molar-refractivity contribution in [3.63, 3.8) is 0 Å². The van der Waals surface area contributed by atoms with Crippen LogP contribution in [0.4, 0.5) is 0 Å². The Morgan fingerprint density at radius 2 is 1.60 bits per heavy atom. The predicted octanol–water partition coefficient (Wildman–Crippen LogP) is 3.01. The van der Waals surface area contributed by atoms with E-state index >= 15 is 0 Å². The van der Waals surface area contributed by atoms with Gasteiger partial charge in [0.15, 0.2) is 27.2 Å². The van der Waals surface area contributed by atoms with Crippen LogP contribution in [0.25, 0.3) is 17.1 Å². The fourth-order valence-electron chi connectivity index (χ4n) is 4.11. The summed E-state index contributed by atoms with van der Waals surface area (Å²) in [7, 11) is -1.03. The van der Waals surface area contributed by atoms with Gasteiger partial charge in [0.05, 0.1) is 43.2 Å². The number of aryl methyl sites for hydroxylation is 2. The van der Waals surface area contributed by atoms with Gasteiger partial charge < -0.3 is 14.2 Å². The highest BCUT2D eigenvalue weighted by molar-refractivity contribution is 7.91. The standard InChI is InChI=1S/C26H32N8O5S/c1-15(2)39-23(20-12-28-17(4)10-29-20)18(5)40(35,36)13-21-32-33-24(19-8-16(3)9-27-11-19)34(21)22-25(37-6)30-14-31-26(22)38-7/h8-12,14-15,18,23H,13H2,1-7H3/t18-,23+/m0/s1. The number of hydrogen-bond donors (Lipinski definition) is 0. The lowest BCUT2D eigenvalue weighted by molar-refractivity contribution is 0.00382. The minimum Gasteiger partial charge on any atom is -0.479 e. The lowest BCUT2D eigenvalue weighted by Gasteiger charge is -2.26. The van der Waals surface area contributed by atoms with Crippen molar-refractivity contribution in [1.82, 2.24) is 39.7 Å². The zero-order valence-electron chi connectivity index (χ0n) is 23.4. The van der Waals surface area contributed by atoms with Crippen molar-refractivity contribution in [2.24, 2.45) is 0 Å². The molecular formula is C26H32N8O5S. The van der Waals surface area contributed by atoms with Gasteiger partial charge in [-0.3, -0.25) is 19.5 Å². The Hall–Kier alpha value is -4.04. The number of methoxy groups -OCH3 is 2. The molecule has 14 heteroatoms. The fraction of sp³-hybridized carbons (Fsp3) is 0.423. The minimum absolute atomic E-state index is 0.105. The smallest absolute Gasteiger partial charge is 0.245 e. The molecule has 40 heavy (non-hydrogen) atoms. The van der Waals surface area contributed by atoms with Crippen molar-refractivity contribution in [3.05, 3.63) is 60.0 Å². The molecule has 0 aliphatic carbocycles. The zero-order chi connectivity index (χ0) is 29.0. The van der Waals surface area contributed by atoms with E-state index in [0.29, 0.717) is 22.8 Å². The maximum absolute atomic E-state index is 13.9. The summed E-state index contributed by atoms with van der Waals surface area (Å²) in [6.45, 7) is 8.95. The van der Waals surface area contributed by atoms with Crippen LogP contribution in [-0.2, 0) is 20.3 Å². The lowest BCUT2D eigenvalue weighted by Crippen LogP contribution is -2.31. The Morgan fingerprint density at radius 1 is 0.900 bits per heavy atom. The molecule has 2 atom stereocenters. The molecule has 4 aromatic rings. The Kier molecular flexibility index (Phi) is 8.69. The molecule has 0 saturated carbocycles. The van der Waals surface area contributed by atoms with Crippen LogP contribution in [0.3, 0.4) is 0 Å². The summed E-state index contributed by atoms with van der Waals surface area (Å²) in [5.41, 5.74) is 2.87. The molecule has 212 valence electrons. The van der Waals surface area contributed by atoms with E-state index in [0.717, 1.165) is 5.56 Å². The van der Waals surface area contributed by atoms with Crippen molar-refractivity contribution in [2.75, 3.05) is 14.2 Å². The van der Waals surface area contributed by atoms with Crippen molar-refractivity contribution in [3.8, 4) is 28.8 Å². The molecule has 13 nitrogen and oxygen atoms in total.